The van der Waals surface area contributed by atoms with E-state index < -0.39 is 5.97 Å². The van der Waals surface area contributed by atoms with Gasteiger partial charge in [-0.3, -0.25) is 0 Å². The van der Waals surface area contributed by atoms with Gasteiger partial charge in [-0.25, -0.2) is 4.79 Å². The van der Waals surface area contributed by atoms with Gasteiger partial charge in [0.25, 0.3) is 0 Å². The zero-order valence-corrected chi connectivity index (χ0v) is 6.73. The number of carboxylic acid groups (broad SMARTS) is 1. The standard InChI is InChI=1S/C8H9NO4/c10-2-4-3-13-6-1-5(8(11)12)9-7(4)6/h1,3,6-7,9-10H,2H2,(H,11,12). The quantitative estimate of drug-likeness (QED) is 0.522. The van der Waals surface area contributed by atoms with E-state index in [0.717, 1.165) is 0 Å². The van der Waals surface area contributed by atoms with E-state index in [0.29, 0.717) is 5.57 Å². The van der Waals surface area contributed by atoms with Gasteiger partial charge in [0.2, 0.25) is 0 Å². The molecule has 0 saturated heterocycles. The highest BCUT2D eigenvalue weighted by atomic mass is 16.5. The Hall–Kier alpha value is -1.49. The second kappa shape index (κ2) is 2.77. The van der Waals surface area contributed by atoms with E-state index in [-0.39, 0.29) is 24.4 Å². The molecule has 2 rings (SSSR count). The zero-order valence-electron chi connectivity index (χ0n) is 6.73. The van der Waals surface area contributed by atoms with E-state index in [4.69, 9.17) is 14.9 Å². The Labute approximate surface area is 74.3 Å². The molecule has 0 radical (unpaired) electrons. The summed E-state index contributed by atoms with van der Waals surface area (Å²) in [5.74, 6) is -1.00. The van der Waals surface area contributed by atoms with Crippen molar-refractivity contribution >= 4 is 5.97 Å². The lowest BCUT2D eigenvalue weighted by atomic mass is 10.1. The SMILES string of the molecule is O=C(O)C1=CC2OC=C(CO)C2N1. The van der Waals surface area contributed by atoms with E-state index in [1.807, 2.05) is 0 Å². The van der Waals surface area contributed by atoms with E-state index in [9.17, 15) is 4.79 Å². The molecule has 2 heterocycles. The molecule has 13 heavy (non-hydrogen) atoms. The predicted octanol–water partition coefficient (Wildman–Crippen LogP) is -0.798. The van der Waals surface area contributed by atoms with Crippen LogP contribution >= 0.6 is 0 Å². The number of rotatable bonds is 2. The first-order valence-corrected chi connectivity index (χ1v) is 3.89. The largest absolute Gasteiger partial charge is 0.491 e. The van der Waals surface area contributed by atoms with Crippen molar-refractivity contribution in [2.45, 2.75) is 12.1 Å². The van der Waals surface area contributed by atoms with Gasteiger partial charge in [0.05, 0.1) is 18.9 Å². The molecule has 70 valence electrons. The molecule has 0 amide bonds. The number of nitrogens with one attached hydrogen (secondary N) is 1. The van der Waals surface area contributed by atoms with E-state index >= 15 is 0 Å². The minimum Gasteiger partial charge on any atom is -0.491 e. The molecular formula is C8H9NO4. The van der Waals surface area contributed by atoms with Crippen LogP contribution in [-0.2, 0) is 9.53 Å². The maximum atomic E-state index is 10.6. The summed E-state index contributed by atoms with van der Waals surface area (Å²) in [5, 5.41) is 20.3. The second-order valence-electron chi connectivity index (χ2n) is 2.96. The van der Waals surface area contributed by atoms with E-state index in [1.54, 1.807) is 0 Å². The zero-order chi connectivity index (χ0) is 9.42. The number of carbonyl (C=O) groups is 1. The highest BCUT2D eigenvalue weighted by molar-refractivity contribution is 5.87. The Morgan fingerprint density at radius 2 is 2.46 bits per heavy atom. The van der Waals surface area contributed by atoms with Gasteiger partial charge in [-0.2, -0.15) is 0 Å². The lowest BCUT2D eigenvalue weighted by molar-refractivity contribution is -0.133. The van der Waals surface area contributed by atoms with Crippen LogP contribution in [0.3, 0.4) is 0 Å². The van der Waals surface area contributed by atoms with Crippen LogP contribution in [-0.4, -0.2) is 34.9 Å². The molecule has 0 bridgehead atoms. The van der Waals surface area contributed by atoms with E-state index in [1.165, 1.54) is 12.3 Å². The van der Waals surface area contributed by atoms with Crippen molar-refractivity contribution in [3.63, 3.8) is 0 Å². The Balaban J connectivity index is 2.13. The molecule has 0 aliphatic carbocycles. The molecule has 2 aliphatic rings. The Kier molecular flexibility index (Phi) is 1.73. The molecular weight excluding hydrogens is 174 g/mol. The topological polar surface area (TPSA) is 78.8 Å². The van der Waals surface area contributed by atoms with Crippen LogP contribution in [0.15, 0.2) is 23.6 Å². The summed E-state index contributed by atoms with van der Waals surface area (Å²) in [7, 11) is 0. The highest BCUT2D eigenvalue weighted by Crippen LogP contribution is 2.25. The van der Waals surface area contributed by atoms with Gasteiger partial charge in [-0.05, 0) is 6.08 Å². The van der Waals surface area contributed by atoms with Crippen molar-refractivity contribution < 1.29 is 19.7 Å². The van der Waals surface area contributed by atoms with Gasteiger partial charge in [0, 0.05) is 5.57 Å². The molecule has 5 nitrogen and oxygen atoms in total. The average molecular weight is 183 g/mol. The van der Waals surface area contributed by atoms with Crippen molar-refractivity contribution in [3.8, 4) is 0 Å². The maximum Gasteiger partial charge on any atom is 0.351 e. The number of carboxylic acids is 1. The first-order valence-electron chi connectivity index (χ1n) is 3.89. The maximum absolute atomic E-state index is 10.6. The molecule has 0 aromatic carbocycles. The number of fused-ring (bicyclic) bond motifs is 1. The molecule has 2 unspecified atom stereocenters. The van der Waals surface area contributed by atoms with Crippen LogP contribution < -0.4 is 5.32 Å². The summed E-state index contributed by atoms with van der Waals surface area (Å²) >= 11 is 0. The van der Waals surface area contributed by atoms with Crippen molar-refractivity contribution in [3.05, 3.63) is 23.6 Å². The van der Waals surface area contributed by atoms with Crippen molar-refractivity contribution in [1.82, 2.24) is 5.32 Å². The summed E-state index contributed by atoms with van der Waals surface area (Å²) < 4.78 is 5.14. The summed E-state index contributed by atoms with van der Waals surface area (Å²) in [6, 6.07) is -0.212. The van der Waals surface area contributed by atoms with Gasteiger partial charge >= 0.3 is 5.97 Å². The third-order valence-corrected chi connectivity index (χ3v) is 2.16. The number of aliphatic hydroxyl groups excluding tert-OH is 1. The Morgan fingerprint density at radius 1 is 1.69 bits per heavy atom. The van der Waals surface area contributed by atoms with Crippen molar-refractivity contribution in [2.24, 2.45) is 0 Å². The third kappa shape index (κ3) is 1.17. The first kappa shape index (κ1) is 8.12. The van der Waals surface area contributed by atoms with Gasteiger partial charge in [-0.1, -0.05) is 0 Å². The van der Waals surface area contributed by atoms with Gasteiger partial charge in [0.15, 0.2) is 0 Å². The Morgan fingerprint density at radius 3 is 3.08 bits per heavy atom. The molecule has 5 heteroatoms. The number of aliphatic hydroxyl groups is 1. The van der Waals surface area contributed by atoms with Crippen LogP contribution in [0.2, 0.25) is 0 Å². The van der Waals surface area contributed by atoms with E-state index in [2.05, 4.69) is 5.32 Å². The van der Waals surface area contributed by atoms with Crippen LogP contribution in [0, 0.1) is 0 Å². The second-order valence-corrected chi connectivity index (χ2v) is 2.96. The van der Waals surface area contributed by atoms with Gasteiger partial charge in [-0.15, -0.1) is 0 Å². The average Bonchev–Trinajstić information content (AvgIpc) is 2.60. The summed E-state index contributed by atoms with van der Waals surface area (Å²) in [5.41, 5.74) is 0.812. The number of aliphatic carboxylic acids is 1. The molecule has 0 fully saturated rings. The molecule has 0 saturated carbocycles. The molecule has 2 aliphatic heterocycles. The number of hydrogen-bond donors (Lipinski definition) is 3. The summed E-state index contributed by atoms with van der Waals surface area (Å²) in [6.07, 6.45) is 2.69. The van der Waals surface area contributed by atoms with Gasteiger partial charge < -0.3 is 20.3 Å². The predicted molar refractivity (Wildman–Crippen MR) is 42.7 cm³/mol. The third-order valence-electron chi connectivity index (χ3n) is 2.16. The minimum absolute atomic E-state index is 0.116. The lowest BCUT2D eigenvalue weighted by Crippen LogP contribution is -2.33. The fourth-order valence-corrected chi connectivity index (χ4v) is 1.49. The molecule has 0 spiro atoms. The molecule has 2 atom stereocenters. The highest BCUT2D eigenvalue weighted by Gasteiger charge is 2.36. The number of ether oxygens (including phenoxy) is 1. The van der Waals surface area contributed by atoms with Gasteiger partial charge in [0.1, 0.15) is 11.8 Å². The van der Waals surface area contributed by atoms with Crippen LogP contribution in [0.25, 0.3) is 0 Å². The Bertz CT molecular complexity index is 307. The summed E-state index contributed by atoms with van der Waals surface area (Å²) in [4.78, 5) is 10.6. The normalized spacial score (nSPS) is 29.9. The fourth-order valence-electron chi connectivity index (χ4n) is 1.49. The monoisotopic (exact) mass is 183 g/mol. The van der Waals surface area contributed by atoms with Crippen molar-refractivity contribution in [1.29, 1.82) is 0 Å². The first-order chi connectivity index (χ1) is 6.22. The lowest BCUT2D eigenvalue weighted by Gasteiger charge is -2.11. The fraction of sp³-hybridized carbons (Fsp3) is 0.375. The minimum atomic E-state index is -1.00. The smallest absolute Gasteiger partial charge is 0.351 e. The molecule has 0 aromatic heterocycles. The van der Waals surface area contributed by atoms with Crippen LogP contribution in [0.4, 0.5) is 0 Å². The molecule has 3 N–H and O–H groups in total. The van der Waals surface area contributed by atoms with Crippen LogP contribution in [0.5, 0.6) is 0 Å². The summed E-state index contributed by atoms with van der Waals surface area (Å²) in [6.45, 7) is -0.116. The number of hydrogen-bond acceptors (Lipinski definition) is 4. The molecule has 0 aromatic rings. The van der Waals surface area contributed by atoms with Crippen molar-refractivity contribution in [2.75, 3.05) is 6.61 Å². The van der Waals surface area contributed by atoms with Crippen LogP contribution in [0.1, 0.15) is 0 Å².